The van der Waals surface area contributed by atoms with Gasteiger partial charge in [0.05, 0.1) is 12.0 Å². The number of carbonyl (C=O) groups is 1. The van der Waals surface area contributed by atoms with Crippen molar-refractivity contribution in [1.82, 2.24) is 4.31 Å². The largest absolute Gasteiger partial charge is 0.497 e. The van der Waals surface area contributed by atoms with Gasteiger partial charge in [-0.15, -0.1) is 0 Å². The number of benzene rings is 2. The highest BCUT2D eigenvalue weighted by Crippen LogP contribution is 2.31. The summed E-state index contributed by atoms with van der Waals surface area (Å²) in [6.45, 7) is 5.12. The van der Waals surface area contributed by atoms with Crippen LogP contribution in [0, 0.1) is 0 Å². The molecule has 1 aliphatic heterocycles. The third kappa shape index (κ3) is 4.46. The van der Waals surface area contributed by atoms with Crippen molar-refractivity contribution in [3.8, 4) is 5.75 Å². The molecule has 0 saturated carbocycles. The standard InChI is InChI=1S/C22H28N2O4S/c1-4-23(5-2)29(26,27)20-10-11-21-18(16-20)13-14-24(21)22(25)12-9-17-7-6-8-19(15-17)28-3/h6-8,10-11,15-16H,4-5,9,12-14H2,1-3H3. The Morgan fingerprint density at radius 1 is 1.14 bits per heavy atom. The van der Waals surface area contributed by atoms with Gasteiger partial charge in [-0.05, 0) is 54.3 Å². The molecular weight excluding hydrogens is 388 g/mol. The Hall–Kier alpha value is -2.38. The highest BCUT2D eigenvalue weighted by Gasteiger charge is 2.28. The molecule has 6 nitrogen and oxygen atoms in total. The van der Waals surface area contributed by atoms with E-state index in [0.29, 0.717) is 43.8 Å². The number of amides is 1. The van der Waals surface area contributed by atoms with Gasteiger partial charge >= 0.3 is 0 Å². The predicted molar refractivity (Wildman–Crippen MR) is 114 cm³/mol. The topological polar surface area (TPSA) is 66.9 Å². The van der Waals surface area contributed by atoms with Gasteiger partial charge in [0, 0.05) is 31.7 Å². The fourth-order valence-electron chi connectivity index (χ4n) is 3.72. The van der Waals surface area contributed by atoms with Crippen molar-refractivity contribution in [2.45, 2.75) is 38.0 Å². The lowest BCUT2D eigenvalue weighted by Gasteiger charge is -2.20. The van der Waals surface area contributed by atoms with Gasteiger partial charge in [-0.3, -0.25) is 4.79 Å². The van der Waals surface area contributed by atoms with Crippen molar-refractivity contribution in [2.24, 2.45) is 0 Å². The van der Waals surface area contributed by atoms with Crippen LogP contribution in [0.5, 0.6) is 5.75 Å². The molecule has 2 aromatic carbocycles. The number of methoxy groups -OCH3 is 1. The van der Waals surface area contributed by atoms with E-state index in [9.17, 15) is 13.2 Å². The summed E-state index contributed by atoms with van der Waals surface area (Å²) in [5, 5.41) is 0. The van der Waals surface area contributed by atoms with Crippen LogP contribution in [0.3, 0.4) is 0 Å². The van der Waals surface area contributed by atoms with Crippen molar-refractivity contribution in [3.63, 3.8) is 0 Å². The second-order valence-corrected chi connectivity index (χ2v) is 8.96. The average Bonchev–Trinajstić information content (AvgIpc) is 3.16. The monoisotopic (exact) mass is 416 g/mol. The zero-order chi connectivity index (χ0) is 21.0. The minimum Gasteiger partial charge on any atom is -0.497 e. The van der Waals surface area contributed by atoms with Crippen molar-refractivity contribution >= 4 is 21.6 Å². The Morgan fingerprint density at radius 3 is 2.59 bits per heavy atom. The molecule has 3 rings (SSSR count). The highest BCUT2D eigenvalue weighted by atomic mass is 32.2. The molecule has 0 atom stereocenters. The zero-order valence-corrected chi connectivity index (χ0v) is 18.0. The maximum absolute atomic E-state index is 12.8. The number of fused-ring (bicyclic) bond motifs is 1. The maximum atomic E-state index is 12.8. The van der Waals surface area contributed by atoms with Gasteiger partial charge in [0.1, 0.15) is 5.75 Å². The van der Waals surface area contributed by atoms with Gasteiger partial charge in [0.15, 0.2) is 0 Å². The number of nitrogens with zero attached hydrogens (tertiary/aromatic N) is 2. The summed E-state index contributed by atoms with van der Waals surface area (Å²) in [4.78, 5) is 14.9. The molecule has 0 saturated heterocycles. The fraction of sp³-hybridized carbons (Fsp3) is 0.409. The molecule has 156 valence electrons. The number of carbonyl (C=O) groups excluding carboxylic acids is 1. The van der Waals surface area contributed by atoms with Crippen LogP contribution in [0.25, 0.3) is 0 Å². The lowest BCUT2D eigenvalue weighted by atomic mass is 10.1. The SMILES string of the molecule is CCN(CC)S(=O)(=O)c1ccc2c(c1)CCN2C(=O)CCc1cccc(OC)c1. The Morgan fingerprint density at radius 2 is 1.90 bits per heavy atom. The van der Waals surface area contributed by atoms with E-state index in [1.54, 1.807) is 30.2 Å². The molecule has 7 heteroatoms. The number of hydrogen-bond donors (Lipinski definition) is 0. The van der Waals surface area contributed by atoms with Crippen molar-refractivity contribution in [1.29, 1.82) is 0 Å². The molecule has 1 heterocycles. The molecular formula is C22H28N2O4S. The van der Waals surface area contributed by atoms with Crippen LogP contribution in [-0.4, -0.2) is 45.4 Å². The van der Waals surface area contributed by atoms with E-state index in [1.807, 2.05) is 38.1 Å². The Labute approximate surface area is 173 Å². The van der Waals surface area contributed by atoms with Gasteiger partial charge in [-0.25, -0.2) is 8.42 Å². The van der Waals surface area contributed by atoms with Gasteiger partial charge in [-0.1, -0.05) is 26.0 Å². The van der Waals surface area contributed by atoms with E-state index in [1.165, 1.54) is 4.31 Å². The first-order valence-electron chi connectivity index (χ1n) is 9.97. The first-order chi connectivity index (χ1) is 13.9. The third-order valence-corrected chi connectivity index (χ3v) is 7.40. The van der Waals surface area contributed by atoms with E-state index in [0.717, 1.165) is 22.6 Å². The molecule has 0 unspecified atom stereocenters. The summed E-state index contributed by atoms with van der Waals surface area (Å²) >= 11 is 0. The van der Waals surface area contributed by atoms with E-state index < -0.39 is 10.0 Å². The lowest BCUT2D eigenvalue weighted by molar-refractivity contribution is -0.118. The van der Waals surface area contributed by atoms with E-state index >= 15 is 0 Å². The maximum Gasteiger partial charge on any atom is 0.243 e. The highest BCUT2D eigenvalue weighted by molar-refractivity contribution is 7.89. The second-order valence-electron chi connectivity index (χ2n) is 7.03. The first kappa shape index (κ1) is 21.3. The number of sulfonamides is 1. The molecule has 0 aromatic heterocycles. The molecule has 0 N–H and O–H groups in total. The molecule has 29 heavy (non-hydrogen) atoms. The summed E-state index contributed by atoms with van der Waals surface area (Å²) in [6.07, 6.45) is 1.70. The molecule has 1 aliphatic rings. The van der Waals surface area contributed by atoms with Crippen molar-refractivity contribution in [3.05, 3.63) is 53.6 Å². The molecule has 0 aliphatic carbocycles. The van der Waals surface area contributed by atoms with Crippen LogP contribution in [0.4, 0.5) is 5.69 Å². The Kier molecular flexibility index (Phi) is 6.59. The van der Waals surface area contributed by atoms with Crippen molar-refractivity contribution < 1.29 is 17.9 Å². The summed E-state index contributed by atoms with van der Waals surface area (Å²) in [5.74, 6) is 0.828. The smallest absolute Gasteiger partial charge is 0.243 e. The third-order valence-electron chi connectivity index (χ3n) is 5.35. The molecule has 1 amide bonds. The molecule has 0 bridgehead atoms. The summed E-state index contributed by atoms with van der Waals surface area (Å²) in [7, 11) is -1.87. The summed E-state index contributed by atoms with van der Waals surface area (Å²) < 4.78 is 32.2. The number of aryl methyl sites for hydroxylation is 1. The summed E-state index contributed by atoms with van der Waals surface area (Å²) in [5.41, 5.74) is 2.78. The fourth-order valence-corrected chi connectivity index (χ4v) is 5.23. The number of hydrogen-bond acceptors (Lipinski definition) is 4. The van der Waals surface area contributed by atoms with Crippen LogP contribution in [0.1, 0.15) is 31.4 Å². The van der Waals surface area contributed by atoms with Gasteiger partial charge in [0.25, 0.3) is 0 Å². The van der Waals surface area contributed by atoms with Crippen LogP contribution >= 0.6 is 0 Å². The molecule has 2 aromatic rings. The van der Waals surface area contributed by atoms with Gasteiger partial charge < -0.3 is 9.64 Å². The lowest BCUT2D eigenvalue weighted by Crippen LogP contribution is -2.30. The van der Waals surface area contributed by atoms with Crippen LogP contribution < -0.4 is 9.64 Å². The number of rotatable bonds is 8. The van der Waals surface area contributed by atoms with E-state index in [-0.39, 0.29) is 5.91 Å². The molecule has 0 fully saturated rings. The molecule has 0 radical (unpaired) electrons. The van der Waals surface area contributed by atoms with Gasteiger partial charge in [-0.2, -0.15) is 4.31 Å². The van der Waals surface area contributed by atoms with E-state index in [4.69, 9.17) is 4.74 Å². The van der Waals surface area contributed by atoms with E-state index in [2.05, 4.69) is 0 Å². The average molecular weight is 417 g/mol. The minimum atomic E-state index is -3.50. The molecule has 0 spiro atoms. The normalized spacial score (nSPS) is 13.6. The zero-order valence-electron chi connectivity index (χ0n) is 17.2. The van der Waals surface area contributed by atoms with Crippen molar-refractivity contribution in [2.75, 3.05) is 31.6 Å². The Bertz CT molecular complexity index is 984. The number of ether oxygens (including phenoxy) is 1. The van der Waals surface area contributed by atoms with Gasteiger partial charge in [0.2, 0.25) is 15.9 Å². The minimum absolute atomic E-state index is 0.0471. The first-order valence-corrected chi connectivity index (χ1v) is 11.4. The Balaban J connectivity index is 1.73. The summed E-state index contributed by atoms with van der Waals surface area (Å²) in [6, 6.07) is 12.8. The van der Waals surface area contributed by atoms with Crippen LogP contribution in [0.15, 0.2) is 47.4 Å². The predicted octanol–water partition coefficient (Wildman–Crippen LogP) is 3.25. The van der Waals surface area contributed by atoms with Crippen LogP contribution in [-0.2, 0) is 27.7 Å². The second kappa shape index (κ2) is 8.97. The number of anilines is 1. The quantitative estimate of drug-likeness (QED) is 0.663. The van der Waals surface area contributed by atoms with Crippen LogP contribution in [0.2, 0.25) is 0 Å².